The molecule has 0 bridgehead atoms. The van der Waals surface area contributed by atoms with Gasteiger partial charge in [0.25, 0.3) is 0 Å². The van der Waals surface area contributed by atoms with Crippen molar-refractivity contribution in [3.05, 3.63) is 42.0 Å². The van der Waals surface area contributed by atoms with Crippen molar-refractivity contribution in [2.24, 2.45) is 0 Å². The predicted octanol–water partition coefficient (Wildman–Crippen LogP) is 1.59. The van der Waals surface area contributed by atoms with Crippen molar-refractivity contribution >= 4 is 5.91 Å². The van der Waals surface area contributed by atoms with Crippen LogP contribution in [0.3, 0.4) is 0 Å². The van der Waals surface area contributed by atoms with Gasteiger partial charge in [-0.05, 0) is 24.1 Å². The third-order valence-corrected chi connectivity index (χ3v) is 3.67. The van der Waals surface area contributed by atoms with Crippen LogP contribution in [0, 0.1) is 0 Å². The molecule has 5 heteroatoms. The summed E-state index contributed by atoms with van der Waals surface area (Å²) < 4.78 is 10.3. The zero-order valence-corrected chi connectivity index (χ0v) is 13.2. The summed E-state index contributed by atoms with van der Waals surface area (Å²) in [6.45, 7) is 2.69. The molecule has 0 saturated heterocycles. The highest BCUT2D eigenvalue weighted by molar-refractivity contribution is 5.84. The average Bonchev–Trinajstić information content (AvgIpc) is 3.08. The minimum Gasteiger partial charge on any atom is -0.497 e. The molecule has 2 rings (SSSR count). The molecular weight excluding hydrogens is 280 g/mol. The van der Waals surface area contributed by atoms with Gasteiger partial charge in [0.05, 0.1) is 7.11 Å². The van der Waals surface area contributed by atoms with Crippen molar-refractivity contribution in [2.45, 2.75) is 19.0 Å². The van der Waals surface area contributed by atoms with Gasteiger partial charge in [0.1, 0.15) is 11.8 Å². The van der Waals surface area contributed by atoms with Crippen LogP contribution < -0.4 is 10.1 Å². The van der Waals surface area contributed by atoms with Gasteiger partial charge in [-0.3, -0.25) is 10.1 Å². The van der Waals surface area contributed by atoms with Crippen LogP contribution in [0.1, 0.15) is 12.0 Å². The van der Waals surface area contributed by atoms with Gasteiger partial charge in [-0.1, -0.05) is 24.3 Å². The smallest absolute Gasteiger partial charge is 0.243 e. The zero-order valence-electron chi connectivity index (χ0n) is 13.2. The van der Waals surface area contributed by atoms with E-state index < -0.39 is 0 Å². The average molecular weight is 304 g/mol. The molecule has 1 aliphatic heterocycles. The molecule has 0 spiro atoms. The summed E-state index contributed by atoms with van der Waals surface area (Å²) in [6, 6.07) is 7.61. The van der Waals surface area contributed by atoms with Crippen LogP contribution >= 0.6 is 0 Å². The second-order valence-corrected chi connectivity index (χ2v) is 5.27. The lowest BCUT2D eigenvalue weighted by Gasteiger charge is -2.25. The molecule has 1 aromatic rings. The molecule has 22 heavy (non-hydrogen) atoms. The van der Waals surface area contributed by atoms with Gasteiger partial charge < -0.3 is 14.4 Å². The Morgan fingerprint density at radius 1 is 1.32 bits per heavy atom. The lowest BCUT2D eigenvalue weighted by Crippen LogP contribution is -2.43. The Labute approximate surface area is 131 Å². The number of benzene rings is 1. The summed E-state index contributed by atoms with van der Waals surface area (Å²) in [6.07, 6.45) is 4.75. The van der Waals surface area contributed by atoms with Gasteiger partial charge >= 0.3 is 0 Å². The first-order valence-corrected chi connectivity index (χ1v) is 7.55. The third kappa shape index (κ3) is 4.58. The van der Waals surface area contributed by atoms with Gasteiger partial charge in [0, 0.05) is 33.4 Å². The Kier molecular flexibility index (Phi) is 6.43. The number of rotatable bonds is 8. The van der Waals surface area contributed by atoms with Crippen molar-refractivity contribution in [2.75, 3.05) is 33.9 Å². The predicted molar refractivity (Wildman–Crippen MR) is 85.8 cm³/mol. The molecular formula is C17H24N2O3. The molecule has 1 N–H and O–H groups in total. The first kappa shape index (κ1) is 16.5. The summed E-state index contributed by atoms with van der Waals surface area (Å²) in [5.41, 5.74) is 1.09. The molecule has 1 atom stereocenters. The molecule has 1 aromatic carbocycles. The number of nitrogens with zero attached hydrogens (tertiary/aromatic N) is 1. The van der Waals surface area contributed by atoms with Crippen LogP contribution in [-0.2, 0) is 16.1 Å². The van der Waals surface area contributed by atoms with Crippen LogP contribution in [-0.4, -0.2) is 50.8 Å². The normalized spacial score (nSPS) is 16.7. The fourth-order valence-corrected chi connectivity index (χ4v) is 2.45. The molecule has 0 aromatic heterocycles. The molecule has 0 radical (unpaired) electrons. The maximum Gasteiger partial charge on any atom is 0.243 e. The number of carbonyl (C=O) groups excluding carboxylic acids is 1. The second-order valence-electron chi connectivity index (χ2n) is 5.27. The molecule has 1 aliphatic rings. The molecule has 1 unspecified atom stereocenters. The first-order chi connectivity index (χ1) is 10.7. The highest BCUT2D eigenvalue weighted by Gasteiger charge is 2.23. The van der Waals surface area contributed by atoms with E-state index in [2.05, 4.69) is 5.32 Å². The fraction of sp³-hybridized carbons (Fsp3) is 0.471. The van der Waals surface area contributed by atoms with E-state index in [4.69, 9.17) is 9.47 Å². The van der Waals surface area contributed by atoms with Crippen molar-refractivity contribution in [1.82, 2.24) is 10.2 Å². The fourth-order valence-electron chi connectivity index (χ4n) is 2.45. The standard InChI is InChI=1S/C17H24N2O3/c1-21-12-4-11-19(17(20)16-5-3-10-18-16)13-14-6-8-15(22-2)9-7-14/h3,5-9,16,18H,4,10-13H2,1-2H3. The lowest BCUT2D eigenvalue weighted by molar-refractivity contribution is -0.132. The van der Waals surface area contributed by atoms with Crippen LogP contribution in [0.5, 0.6) is 5.75 Å². The van der Waals surface area contributed by atoms with E-state index >= 15 is 0 Å². The highest BCUT2D eigenvalue weighted by Crippen LogP contribution is 2.14. The van der Waals surface area contributed by atoms with Gasteiger partial charge in [0.15, 0.2) is 0 Å². The third-order valence-electron chi connectivity index (χ3n) is 3.67. The molecule has 5 nitrogen and oxygen atoms in total. The van der Waals surface area contributed by atoms with E-state index in [0.29, 0.717) is 19.7 Å². The largest absolute Gasteiger partial charge is 0.497 e. The van der Waals surface area contributed by atoms with E-state index in [9.17, 15) is 4.79 Å². The first-order valence-electron chi connectivity index (χ1n) is 7.55. The van der Waals surface area contributed by atoms with Crippen LogP contribution in [0.2, 0.25) is 0 Å². The van der Waals surface area contributed by atoms with Crippen molar-refractivity contribution in [3.63, 3.8) is 0 Å². The Morgan fingerprint density at radius 2 is 2.09 bits per heavy atom. The lowest BCUT2D eigenvalue weighted by atomic mass is 10.1. The molecule has 0 aliphatic carbocycles. The topological polar surface area (TPSA) is 50.8 Å². The number of methoxy groups -OCH3 is 2. The van der Waals surface area contributed by atoms with Crippen LogP contribution in [0.15, 0.2) is 36.4 Å². The molecule has 0 fully saturated rings. The Hall–Kier alpha value is -1.85. The minimum absolute atomic E-state index is 0.112. The second kappa shape index (κ2) is 8.56. The maximum atomic E-state index is 12.6. The quantitative estimate of drug-likeness (QED) is 0.585. The highest BCUT2D eigenvalue weighted by atomic mass is 16.5. The van der Waals surface area contributed by atoms with E-state index in [1.807, 2.05) is 41.3 Å². The minimum atomic E-state index is -0.208. The van der Waals surface area contributed by atoms with E-state index in [0.717, 1.165) is 24.3 Å². The number of ether oxygens (including phenoxy) is 2. The van der Waals surface area contributed by atoms with Gasteiger partial charge in [-0.15, -0.1) is 0 Å². The number of amides is 1. The van der Waals surface area contributed by atoms with E-state index in [1.165, 1.54) is 0 Å². The summed E-state index contributed by atoms with van der Waals surface area (Å²) in [4.78, 5) is 14.5. The Bertz CT molecular complexity index is 499. The van der Waals surface area contributed by atoms with Gasteiger partial charge in [0.2, 0.25) is 5.91 Å². The van der Waals surface area contributed by atoms with Crippen LogP contribution in [0.4, 0.5) is 0 Å². The van der Waals surface area contributed by atoms with Gasteiger partial charge in [-0.2, -0.15) is 0 Å². The number of nitrogens with one attached hydrogen (secondary N) is 1. The van der Waals surface area contributed by atoms with Gasteiger partial charge in [-0.25, -0.2) is 0 Å². The summed E-state index contributed by atoms with van der Waals surface area (Å²) >= 11 is 0. The van der Waals surface area contributed by atoms with Crippen LogP contribution in [0.25, 0.3) is 0 Å². The molecule has 1 amide bonds. The SMILES string of the molecule is COCCCN(Cc1ccc(OC)cc1)C(=O)C1C=CCN1. The molecule has 1 heterocycles. The van der Waals surface area contributed by atoms with E-state index in [-0.39, 0.29) is 11.9 Å². The Balaban J connectivity index is 2.01. The Morgan fingerprint density at radius 3 is 2.68 bits per heavy atom. The van der Waals surface area contributed by atoms with Crippen molar-refractivity contribution in [3.8, 4) is 5.75 Å². The maximum absolute atomic E-state index is 12.6. The molecule has 120 valence electrons. The van der Waals surface area contributed by atoms with E-state index in [1.54, 1.807) is 14.2 Å². The van der Waals surface area contributed by atoms with Crippen molar-refractivity contribution < 1.29 is 14.3 Å². The monoisotopic (exact) mass is 304 g/mol. The van der Waals surface area contributed by atoms with Crippen molar-refractivity contribution in [1.29, 1.82) is 0 Å². The number of hydrogen-bond donors (Lipinski definition) is 1. The zero-order chi connectivity index (χ0) is 15.8. The number of carbonyl (C=O) groups is 1. The summed E-state index contributed by atoms with van der Waals surface area (Å²) in [5, 5.41) is 3.18. The number of hydrogen-bond acceptors (Lipinski definition) is 4. The molecule has 0 saturated carbocycles. The summed E-state index contributed by atoms with van der Waals surface area (Å²) in [7, 11) is 3.32. The summed E-state index contributed by atoms with van der Waals surface area (Å²) in [5.74, 6) is 0.932.